The molecule has 1 amide bonds. The Bertz CT molecular complexity index is 1010. The lowest BCUT2D eigenvalue weighted by Crippen LogP contribution is -2.38. The molecule has 0 radical (unpaired) electrons. The second-order valence-electron chi connectivity index (χ2n) is 7.47. The quantitative estimate of drug-likeness (QED) is 0.474. The Hall–Kier alpha value is -3.51. The van der Waals surface area contributed by atoms with Gasteiger partial charge >= 0.3 is 0 Å². The SMILES string of the molecule is COc1ccc(CN(C)CC(=O)N(Cc2ccccc2)c2ccccc2)c(OC)c1OC. The number of likely N-dealkylation sites (N-methyl/N-ethyl adjacent to an activating group) is 1. The van der Waals surface area contributed by atoms with Gasteiger partial charge in [0.15, 0.2) is 11.5 Å². The summed E-state index contributed by atoms with van der Waals surface area (Å²) in [5.41, 5.74) is 2.86. The molecule has 6 heteroatoms. The Balaban J connectivity index is 1.78. The Morgan fingerprint density at radius 3 is 1.97 bits per heavy atom. The molecule has 0 saturated carbocycles. The van der Waals surface area contributed by atoms with Crippen LogP contribution >= 0.6 is 0 Å². The first-order valence-electron chi connectivity index (χ1n) is 10.4. The Morgan fingerprint density at radius 1 is 0.750 bits per heavy atom. The number of carbonyl (C=O) groups excluding carboxylic acids is 1. The largest absolute Gasteiger partial charge is 0.493 e. The van der Waals surface area contributed by atoms with E-state index in [0.717, 1.165) is 16.8 Å². The van der Waals surface area contributed by atoms with Crippen LogP contribution in [0.5, 0.6) is 17.2 Å². The summed E-state index contributed by atoms with van der Waals surface area (Å²) >= 11 is 0. The Kier molecular flexibility index (Phi) is 8.11. The van der Waals surface area contributed by atoms with Crippen LogP contribution in [0.25, 0.3) is 0 Å². The smallest absolute Gasteiger partial charge is 0.241 e. The van der Waals surface area contributed by atoms with Gasteiger partial charge in [0, 0.05) is 17.8 Å². The van der Waals surface area contributed by atoms with E-state index in [-0.39, 0.29) is 12.5 Å². The zero-order chi connectivity index (χ0) is 22.9. The van der Waals surface area contributed by atoms with E-state index in [9.17, 15) is 4.79 Å². The molecule has 0 aliphatic heterocycles. The summed E-state index contributed by atoms with van der Waals surface area (Å²) in [6, 6.07) is 23.5. The van der Waals surface area contributed by atoms with Gasteiger partial charge in [-0.15, -0.1) is 0 Å². The summed E-state index contributed by atoms with van der Waals surface area (Å²) in [6.45, 7) is 1.28. The number of hydrogen-bond acceptors (Lipinski definition) is 5. The first kappa shape index (κ1) is 23.2. The predicted molar refractivity (Wildman–Crippen MR) is 127 cm³/mol. The molecular weight excluding hydrogens is 404 g/mol. The fourth-order valence-corrected chi connectivity index (χ4v) is 3.65. The third kappa shape index (κ3) is 5.59. The normalized spacial score (nSPS) is 10.7. The van der Waals surface area contributed by atoms with Crippen molar-refractivity contribution in [1.29, 1.82) is 0 Å². The number of benzene rings is 3. The highest BCUT2D eigenvalue weighted by atomic mass is 16.5. The van der Waals surface area contributed by atoms with Crippen LogP contribution in [0.1, 0.15) is 11.1 Å². The van der Waals surface area contributed by atoms with Crippen LogP contribution in [0.3, 0.4) is 0 Å². The van der Waals surface area contributed by atoms with Gasteiger partial charge in [0.2, 0.25) is 11.7 Å². The van der Waals surface area contributed by atoms with Crippen LogP contribution in [0, 0.1) is 0 Å². The molecular formula is C26H30N2O4. The molecule has 3 aromatic carbocycles. The summed E-state index contributed by atoms with van der Waals surface area (Å²) in [7, 11) is 6.69. The summed E-state index contributed by atoms with van der Waals surface area (Å²) in [5.74, 6) is 1.77. The third-order valence-corrected chi connectivity index (χ3v) is 5.18. The summed E-state index contributed by atoms with van der Waals surface area (Å²) in [6.07, 6.45) is 0. The van der Waals surface area contributed by atoms with Gasteiger partial charge in [-0.25, -0.2) is 0 Å². The standard InChI is InChI=1S/C26H30N2O4/c1-27(18-21-15-16-23(30-2)26(32-4)25(21)31-3)19-24(29)28(22-13-9-6-10-14-22)17-20-11-7-5-8-12-20/h5-16H,17-19H2,1-4H3. The van der Waals surface area contributed by atoms with Gasteiger partial charge in [-0.2, -0.15) is 0 Å². The maximum absolute atomic E-state index is 13.3. The number of ether oxygens (including phenoxy) is 3. The number of amides is 1. The summed E-state index contributed by atoms with van der Waals surface area (Å²) < 4.78 is 16.4. The van der Waals surface area contributed by atoms with Gasteiger partial charge in [0.05, 0.1) is 34.4 Å². The number of rotatable bonds is 10. The molecule has 0 spiro atoms. The first-order chi connectivity index (χ1) is 15.6. The van der Waals surface area contributed by atoms with Crippen LogP contribution in [0.15, 0.2) is 72.8 Å². The number of para-hydroxylation sites is 1. The molecule has 0 unspecified atom stereocenters. The van der Waals surface area contributed by atoms with E-state index in [4.69, 9.17) is 14.2 Å². The zero-order valence-corrected chi connectivity index (χ0v) is 19.1. The second-order valence-corrected chi connectivity index (χ2v) is 7.47. The Labute approximate surface area is 189 Å². The highest BCUT2D eigenvalue weighted by molar-refractivity contribution is 5.94. The molecule has 0 aromatic heterocycles. The molecule has 0 heterocycles. The summed E-state index contributed by atoms with van der Waals surface area (Å²) in [4.78, 5) is 17.1. The number of methoxy groups -OCH3 is 3. The molecule has 0 N–H and O–H groups in total. The molecule has 0 atom stereocenters. The third-order valence-electron chi connectivity index (χ3n) is 5.18. The average Bonchev–Trinajstić information content (AvgIpc) is 2.83. The van der Waals surface area contributed by atoms with Crippen molar-refractivity contribution in [2.45, 2.75) is 13.1 Å². The van der Waals surface area contributed by atoms with Crippen molar-refractivity contribution >= 4 is 11.6 Å². The minimum absolute atomic E-state index is 0.0157. The fraction of sp³-hybridized carbons (Fsp3) is 0.269. The van der Waals surface area contributed by atoms with Crippen molar-refractivity contribution in [1.82, 2.24) is 4.90 Å². The molecule has 0 fully saturated rings. The highest BCUT2D eigenvalue weighted by Gasteiger charge is 2.21. The van der Waals surface area contributed by atoms with Crippen LogP contribution in [-0.2, 0) is 17.9 Å². The molecule has 168 valence electrons. The van der Waals surface area contributed by atoms with E-state index in [0.29, 0.717) is 30.3 Å². The topological polar surface area (TPSA) is 51.2 Å². The van der Waals surface area contributed by atoms with Crippen molar-refractivity contribution in [3.63, 3.8) is 0 Å². The maximum atomic E-state index is 13.3. The average molecular weight is 435 g/mol. The zero-order valence-electron chi connectivity index (χ0n) is 19.1. The molecule has 0 saturated heterocycles. The summed E-state index contributed by atoms with van der Waals surface area (Å²) in [5, 5.41) is 0. The first-order valence-corrected chi connectivity index (χ1v) is 10.4. The minimum Gasteiger partial charge on any atom is -0.493 e. The van der Waals surface area contributed by atoms with Crippen molar-refractivity contribution in [2.24, 2.45) is 0 Å². The van der Waals surface area contributed by atoms with Crippen molar-refractivity contribution < 1.29 is 19.0 Å². The minimum atomic E-state index is 0.0157. The van der Waals surface area contributed by atoms with E-state index in [1.54, 1.807) is 21.3 Å². The van der Waals surface area contributed by atoms with Crippen molar-refractivity contribution in [3.8, 4) is 17.2 Å². The van der Waals surface area contributed by atoms with Crippen LogP contribution in [0.4, 0.5) is 5.69 Å². The molecule has 3 aromatic rings. The Morgan fingerprint density at radius 2 is 1.38 bits per heavy atom. The number of carbonyl (C=O) groups is 1. The van der Waals surface area contributed by atoms with E-state index >= 15 is 0 Å². The predicted octanol–water partition coefficient (Wildman–Crippen LogP) is 4.38. The molecule has 0 aliphatic rings. The van der Waals surface area contributed by atoms with Gasteiger partial charge in [-0.05, 0) is 30.8 Å². The highest BCUT2D eigenvalue weighted by Crippen LogP contribution is 2.40. The molecule has 3 rings (SSSR count). The van der Waals surface area contributed by atoms with E-state index in [1.165, 1.54) is 0 Å². The number of nitrogens with zero attached hydrogens (tertiary/aromatic N) is 2. The van der Waals surface area contributed by atoms with Gasteiger partial charge < -0.3 is 19.1 Å². The van der Waals surface area contributed by atoms with Crippen LogP contribution < -0.4 is 19.1 Å². The number of hydrogen-bond donors (Lipinski definition) is 0. The molecule has 0 bridgehead atoms. The van der Waals surface area contributed by atoms with Gasteiger partial charge in [0.1, 0.15) is 0 Å². The molecule has 32 heavy (non-hydrogen) atoms. The number of anilines is 1. The van der Waals surface area contributed by atoms with Crippen LogP contribution in [-0.4, -0.2) is 45.7 Å². The van der Waals surface area contributed by atoms with Crippen molar-refractivity contribution in [2.75, 3.05) is 39.8 Å². The van der Waals surface area contributed by atoms with E-state index < -0.39 is 0 Å². The van der Waals surface area contributed by atoms with Gasteiger partial charge in [-0.1, -0.05) is 54.6 Å². The van der Waals surface area contributed by atoms with Crippen molar-refractivity contribution in [3.05, 3.63) is 83.9 Å². The maximum Gasteiger partial charge on any atom is 0.241 e. The lowest BCUT2D eigenvalue weighted by atomic mass is 10.1. The van der Waals surface area contributed by atoms with Gasteiger partial charge in [0.25, 0.3) is 0 Å². The van der Waals surface area contributed by atoms with Gasteiger partial charge in [-0.3, -0.25) is 9.69 Å². The molecule has 0 aliphatic carbocycles. The van der Waals surface area contributed by atoms with Crippen LogP contribution in [0.2, 0.25) is 0 Å². The van der Waals surface area contributed by atoms with E-state index in [2.05, 4.69) is 0 Å². The second kappa shape index (κ2) is 11.2. The lowest BCUT2D eigenvalue weighted by molar-refractivity contribution is -0.119. The lowest BCUT2D eigenvalue weighted by Gasteiger charge is -2.26. The fourth-order valence-electron chi connectivity index (χ4n) is 3.65. The van der Waals surface area contributed by atoms with E-state index in [1.807, 2.05) is 89.6 Å². The molecule has 6 nitrogen and oxygen atoms in total. The monoisotopic (exact) mass is 434 g/mol.